The zero-order valence-electron chi connectivity index (χ0n) is 20.3. The van der Waals surface area contributed by atoms with Crippen LogP contribution in [-0.2, 0) is 16.1 Å². The van der Waals surface area contributed by atoms with E-state index in [1.807, 2.05) is 36.1 Å². The van der Waals surface area contributed by atoms with Gasteiger partial charge in [0.15, 0.2) is 0 Å². The second kappa shape index (κ2) is 13.0. The van der Waals surface area contributed by atoms with Crippen molar-refractivity contribution in [1.29, 1.82) is 0 Å². The number of methoxy groups -OCH3 is 1. The van der Waals surface area contributed by atoms with E-state index in [2.05, 4.69) is 0 Å². The molecule has 1 amide bonds. The van der Waals surface area contributed by atoms with E-state index in [1.165, 1.54) is 64.2 Å². The first-order valence-corrected chi connectivity index (χ1v) is 13.0. The zero-order valence-corrected chi connectivity index (χ0v) is 20.3. The summed E-state index contributed by atoms with van der Waals surface area (Å²) >= 11 is 0. The highest BCUT2D eigenvalue weighted by atomic mass is 16.5. The molecule has 1 unspecified atom stereocenters. The predicted octanol–water partition coefficient (Wildman–Crippen LogP) is 6.56. The van der Waals surface area contributed by atoms with E-state index in [1.54, 1.807) is 7.11 Å². The summed E-state index contributed by atoms with van der Waals surface area (Å²) in [6.07, 6.45) is 14.9. The van der Waals surface area contributed by atoms with Gasteiger partial charge in [-0.3, -0.25) is 9.59 Å². The van der Waals surface area contributed by atoms with Crippen molar-refractivity contribution in [2.24, 2.45) is 17.8 Å². The molecule has 0 bridgehead atoms. The average Bonchev–Trinajstić information content (AvgIpc) is 2.85. The maximum atomic E-state index is 13.6. The summed E-state index contributed by atoms with van der Waals surface area (Å²) in [5.41, 5.74) is 1.08. The lowest BCUT2D eigenvalue weighted by Gasteiger charge is -2.30. The molecule has 4 heteroatoms. The molecule has 3 rings (SSSR count). The van der Waals surface area contributed by atoms with Crippen molar-refractivity contribution >= 4 is 11.7 Å². The number of rotatable bonds is 11. The summed E-state index contributed by atoms with van der Waals surface area (Å²) in [4.78, 5) is 28.9. The molecule has 0 aliphatic heterocycles. The van der Waals surface area contributed by atoms with Gasteiger partial charge in [0, 0.05) is 19.5 Å². The van der Waals surface area contributed by atoms with Crippen molar-refractivity contribution in [3.8, 4) is 5.75 Å². The molecule has 0 radical (unpaired) electrons. The largest absolute Gasteiger partial charge is 0.497 e. The van der Waals surface area contributed by atoms with Gasteiger partial charge in [-0.1, -0.05) is 76.3 Å². The topological polar surface area (TPSA) is 46.6 Å². The first kappa shape index (κ1) is 24.8. The van der Waals surface area contributed by atoms with E-state index in [0.717, 1.165) is 24.2 Å². The Hall–Kier alpha value is -1.84. The molecule has 0 heterocycles. The molecule has 2 fully saturated rings. The van der Waals surface area contributed by atoms with Gasteiger partial charge in [0.2, 0.25) is 5.91 Å². The molecule has 1 aromatic rings. The maximum absolute atomic E-state index is 13.6. The summed E-state index contributed by atoms with van der Waals surface area (Å²) in [6, 6.07) is 7.89. The third-order valence-corrected chi connectivity index (χ3v) is 7.73. The minimum Gasteiger partial charge on any atom is -0.497 e. The van der Waals surface area contributed by atoms with Gasteiger partial charge in [0.25, 0.3) is 0 Å². The molecule has 1 atom stereocenters. The van der Waals surface area contributed by atoms with Crippen molar-refractivity contribution in [3.63, 3.8) is 0 Å². The van der Waals surface area contributed by atoms with E-state index in [0.29, 0.717) is 31.3 Å². The summed E-state index contributed by atoms with van der Waals surface area (Å²) in [5, 5.41) is 0. The van der Waals surface area contributed by atoms with Gasteiger partial charge in [-0.25, -0.2) is 0 Å². The number of amides is 1. The molecule has 2 aliphatic rings. The fraction of sp³-hybridized carbons (Fsp3) is 0.714. The second-order valence-corrected chi connectivity index (χ2v) is 10.0. The standard InChI is InChI=1S/C28H43NO3/c1-3-29(21-24-14-17-25(32-2)18-15-24)28(31)26(20-23-12-8-5-9-13-23)27(30)19-16-22-10-6-4-7-11-22/h14-15,17-18,22-23,26H,3-13,16,19-21H2,1-2H3. The van der Waals surface area contributed by atoms with Crippen molar-refractivity contribution < 1.29 is 14.3 Å². The number of Topliss-reactive ketones (excluding diaryl/α,β-unsaturated/α-hetero) is 1. The van der Waals surface area contributed by atoms with Gasteiger partial charge in [0.05, 0.1) is 13.0 Å². The second-order valence-electron chi connectivity index (χ2n) is 10.0. The van der Waals surface area contributed by atoms with Gasteiger partial charge in [-0.2, -0.15) is 0 Å². The van der Waals surface area contributed by atoms with E-state index in [9.17, 15) is 9.59 Å². The molecule has 4 nitrogen and oxygen atoms in total. The van der Waals surface area contributed by atoms with E-state index >= 15 is 0 Å². The van der Waals surface area contributed by atoms with Crippen LogP contribution in [-0.4, -0.2) is 30.2 Å². The smallest absolute Gasteiger partial charge is 0.233 e. The number of hydrogen-bond donors (Lipinski definition) is 0. The normalized spacial score (nSPS) is 18.8. The number of nitrogens with zero attached hydrogens (tertiary/aromatic N) is 1. The molecule has 2 saturated carbocycles. The Morgan fingerprint density at radius 3 is 2.09 bits per heavy atom. The molecule has 2 aliphatic carbocycles. The lowest BCUT2D eigenvalue weighted by molar-refractivity contribution is -0.142. The monoisotopic (exact) mass is 441 g/mol. The van der Waals surface area contributed by atoms with Crippen molar-refractivity contribution in [1.82, 2.24) is 4.90 Å². The third kappa shape index (κ3) is 7.35. The molecular weight excluding hydrogens is 398 g/mol. The van der Waals surface area contributed by atoms with Crippen LogP contribution in [0.25, 0.3) is 0 Å². The summed E-state index contributed by atoms with van der Waals surface area (Å²) < 4.78 is 5.25. The molecule has 0 aromatic heterocycles. The quantitative estimate of drug-likeness (QED) is 0.365. The fourth-order valence-electron chi connectivity index (χ4n) is 5.64. The number of hydrogen-bond acceptors (Lipinski definition) is 3. The third-order valence-electron chi connectivity index (χ3n) is 7.73. The van der Waals surface area contributed by atoms with Gasteiger partial charge in [0.1, 0.15) is 11.5 Å². The lowest BCUT2D eigenvalue weighted by Crippen LogP contribution is -2.40. The Balaban J connectivity index is 1.66. The molecule has 0 N–H and O–H groups in total. The number of carbonyl (C=O) groups is 2. The van der Waals surface area contributed by atoms with Crippen LogP contribution in [0.15, 0.2) is 24.3 Å². The van der Waals surface area contributed by atoms with Gasteiger partial charge in [-0.05, 0) is 49.3 Å². The van der Waals surface area contributed by atoms with E-state index in [-0.39, 0.29) is 11.7 Å². The first-order valence-electron chi connectivity index (χ1n) is 13.0. The van der Waals surface area contributed by atoms with Crippen LogP contribution in [0.4, 0.5) is 0 Å². The highest BCUT2D eigenvalue weighted by molar-refractivity contribution is 6.01. The lowest BCUT2D eigenvalue weighted by atomic mass is 9.79. The molecule has 0 saturated heterocycles. The Bertz CT molecular complexity index is 702. The Morgan fingerprint density at radius 1 is 0.938 bits per heavy atom. The summed E-state index contributed by atoms with van der Waals surface area (Å²) in [7, 11) is 1.66. The van der Waals surface area contributed by atoms with Crippen molar-refractivity contribution in [2.75, 3.05) is 13.7 Å². The van der Waals surface area contributed by atoms with Crippen LogP contribution in [0, 0.1) is 17.8 Å². The number of ketones is 1. The van der Waals surface area contributed by atoms with Crippen LogP contribution in [0.1, 0.15) is 96.0 Å². The van der Waals surface area contributed by atoms with Gasteiger partial charge in [-0.15, -0.1) is 0 Å². The highest BCUT2D eigenvalue weighted by Crippen LogP contribution is 2.32. The Kier molecular flexibility index (Phi) is 10.1. The van der Waals surface area contributed by atoms with Crippen LogP contribution < -0.4 is 4.74 Å². The minimum atomic E-state index is -0.458. The highest BCUT2D eigenvalue weighted by Gasteiger charge is 2.33. The summed E-state index contributed by atoms with van der Waals surface area (Å²) in [6.45, 7) is 3.20. The first-order chi connectivity index (χ1) is 15.6. The SMILES string of the molecule is CCN(Cc1ccc(OC)cc1)C(=O)C(CC1CCCCC1)C(=O)CCC1CCCCC1. The molecule has 1 aromatic carbocycles. The van der Waals surface area contributed by atoms with Crippen LogP contribution >= 0.6 is 0 Å². The number of benzene rings is 1. The Labute approximate surface area is 195 Å². The molecule has 0 spiro atoms. The number of carbonyl (C=O) groups excluding carboxylic acids is 2. The predicted molar refractivity (Wildman–Crippen MR) is 130 cm³/mol. The molecule has 178 valence electrons. The van der Waals surface area contributed by atoms with E-state index in [4.69, 9.17) is 4.74 Å². The zero-order chi connectivity index (χ0) is 22.8. The van der Waals surface area contributed by atoms with Crippen LogP contribution in [0.5, 0.6) is 5.75 Å². The number of ether oxygens (including phenoxy) is 1. The van der Waals surface area contributed by atoms with E-state index < -0.39 is 5.92 Å². The maximum Gasteiger partial charge on any atom is 0.233 e. The van der Waals surface area contributed by atoms with Crippen LogP contribution in [0.2, 0.25) is 0 Å². The Morgan fingerprint density at radius 2 is 1.53 bits per heavy atom. The fourth-order valence-corrected chi connectivity index (χ4v) is 5.64. The van der Waals surface area contributed by atoms with Gasteiger partial charge >= 0.3 is 0 Å². The minimum absolute atomic E-state index is 0.0440. The molecular formula is C28H43NO3. The van der Waals surface area contributed by atoms with Crippen LogP contribution in [0.3, 0.4) is 0 Å². The summed E-state index contributed by atoms with van der Waals surface area (Å²) in [5.74, 6) is 1.80. The van der Waals surface area contributed by atoms with Gasteiger partial charge < -0.3 is 9.64 Å². The molecule has 32 heavy (non-hydrogen) atoms. The average molecular weight is 442 g/mol. The van der Waals surface area contributed by atoms with Crippen molar-refractivity contribution in [2.45, 2.75) is 96.9 Å². The van der Waals surface area contributed by atoms with Crippen molar-refractivity contribution in [3.05, 3.63) is 29.8 Å².